The van der Waals surface area contributed by atoms with E-state index in [1.54, 1.807) is 22.8 Å². The zero-order valence-electron chi connectivity index (χ0n) is 17.3. The Morgan fingerprint density at radius 1 is 1.09 bits per heavy atom. The number of nitrogens with zero attached hydrogens (tertiary/aromatic N) is 3. The Morgan fingerprint density at radius 3 is 2.53 bits per heavy atom. The number of amides is 1. The van der Waals surface area contributed by atoms with Gasteiger partial charge in [-0.2, -0.15) is 9.61 Å². The molecule has 0 unspecified atom stereocenters. The fraction of sp³-hybridized carbons (Fsp3) is 0.208. The van der Waals surface area contributed by atoms with Crippen LogP contribution in [0.3, 0.4) is 0 Å². The quantitative estimate of drug-likeness (QED) is 0.353. The van der Waals surface area contributed by atoms with Crippen LogP contribution in [0.25, 0.3) is 16.9 Å². The molecule has 2 heterocycles. The number of fused-ring (bicyclic) bond motifs is 1. The topological polar surface area (TPSA) is 91.5 Å². The molecule has 0 aliphatic heterocycles. The van der Waals surface area contributed by atoms with Crippen molar-refractivity contribution in [2.45, 2.75) is 25.9 Å². The number of carbonyl (C=O) groups excluding carboxylic acids is 1. The molecule has 8 heteroatoms. The first-order chi connectivity index (χ1) is 15.6. The largest absolute Gasteiger partial charge is 0.507 e. The lowest BCUT2D eigenvalue weighted by atomic mass is 10.1. The lowest BCUT2D eigenvalue weighted by molar-refractivity contribution is -0.122. The van der Waals surface area contributed by atoms with E-state index in [-0.39, 0.29) is 17.6 Å². The van der Waals surface area contributed by atoms with Gasteiger partial charge in [0.2, 0.25) is 5.91 Å². The zero-order valence-corrected chi connectivity index (χ0v) is 18.8. The molecule has 5 rings (SSSR count). The molecular weight excluding hydrogens is 470 g/mol. The van der Waals surface area contributed by atoms with E-state index in [0.29, 0.717) is 30.0 Å². The molecule has 1 aliphatic rings. The summed E-state index contributed by atoms with van der Waals surface area (Å²) in [5, 5.41) is 21.1. The average molecular weight is 492 g/mol. The molecule has 2 aromatic carbocycles. The van der Waals surface area contributed by atoms with Gasteiger partial charge in [-0.1, -0.05) is 36.4 Å². The molecule has 162 valence electrons. The summed E-state index contributed by atoms with van der Waals surface area (Å²) in [6.07, 6.45) is 3.72. The Hall–Kier alpha value is -3.39. The number of benzene rings is 2. The number of hydrogen-bond acceptors (Lipinski definition) is 5. The number of halogens is 1. The summed E-state index contributed by atoms with van der Waals surface area (Å²) in [5.41, 5.74) is 4.15. The maximum absolute atomic E-state index is 11.8. The van der Waals surface area contributed by atoms with E-state index in [9.17, 15) is 9.90 Å². The predicted molar refractivity (Wildman–Crippen MR) is 126 cm³/mol. The minimum Gasteiger partial charge on any atom is -0.507 e. The molecule has 1 saturated carbocycles. The van der Waals surface area contributed by atoms with Crippen LogP contribution < -0.4 is 10.6 Å². The van der Waals surface area contributed by atoms with Crippen LogP contribution in [0, 0.1) is 5.92 Å². The normalized spacial score (nSPS) is 13.3. The van der Waals surface area contributed by atoms with Gasteiger partial charge in [0.05, 0.1) is 16.4 Å². The Balaban J connectivity index is 1.33. The number of aromatic hydroxyl groups is 1. The smallest absolute Gasteiger partial charge is 0.223 e. The second-order valence-corrected chi connectivity index (χ2v) is 8.79. The number of anilines is 1. The fourth-order valence-corrected chi connectivity index (χ4v) is 3.89. The van der Waals surface area contributed by atoms with Crippen molar-refractivity contribution in [3.63, 3.8) is 0 Å². The molecule has 0 atom stereocenters. The van der Waals surface area contributed by atoms with Crippen molar-refractivity contribution < 1.29 is 9.90 Å². The summed E-state index contributed by atoms with van der Waals surface area (Å²) in [4.78, 5) is 16.5. The number of hydrogen-bond donors (Lipinski definition) is 3. The standard InChI is InChI=1S/C24H22BrN5O2/c25-19-14-28-30-22(11-20(29-23(19)30)18-3-1-2-4-21(18)31)26-12-15-5-7-16(8-6-15)13-27-24(32)17-9-10-17/h1-8,11,14,17,26,31H,9-10,12-13H2,(H,27,32). The van der Waals surface area contributed by atoms with Gasteiger partial charge in [0.1, 0.15) is 11.6 Å². The van der Waals surface area contributed by atoms with Crippen LogP contribution in [0.2, 0.25) is 0 Å². The average Bonchev–Trinajstić information content (AvgIpc) is 3.60. The highest BCUT2D eigenvalue weighted by Gasteiger charge is 2.29. The number of aromatic nitrogens is 3. The van der Waals surface area contributed by atoms with Crippen molar-refractivity contribution in [2.24, 2.45) is 5.92 Å². The Labute approximate surface area is 193 Å². The van der Waals surface area contributed by atoms with E-state index in [1.165, 1.54) is 0 Å². The SMILES string of the molecule is O=C(NCc1ccc(CNc2cc(-c3ccccc3O)nc3c(Br)cnn23)cc1)C1CC1. The molecule has 4 aromatic rings. The molecule has 0 bridgehead atoms. The number of phenols is 1. The molecule has 0 saturated heterocycles. The van der Waals surface area contributed by atoms with E-state index in [0.717, 1.165) is 34.3 Å². The van der Waals surface area contributed by atoms with Gasteiger partial charge in [-0.25, -0.2) is 4.98 Å². The maximum atomic E-state index is 11.8. The second kappa shape index (κ2) is 8.63. The molecule has 3 N–H and O–H groups in total. The lowest BCUT2D eigenvalue weighted by Gasteiger charge is -2.12. The number of para-hydroxylation sites is 1. The van der Waals surface area contributed by atoms with Crippen LogP contribution in [0.4, 0.5) is 5.82 Å². The van der Waals surface area contributed by atoms with Crippen molar-refractivity contribution in [1.82, 2.24) is 19.9 Å². The van der Waals surface area contributed by atoms with Gasteiger partial charge in [0, 0.05) is 30.6 Å². The fourth-order valence-electron chi connectivity index (χ4n) is 3.54. The van der Waals surface area contributed by atoms with Gasteiger partial charge < -0.3 is 15.7 Å². The lowest BCUT2D eigenvalue weighted by Crippen LogP contribution is -2.24. The van der Waals surface area contributed by atoms with Crippen molar-refractivity contribution in [1.29, 1.82) is 0 Å². The van der Waals surface area contributed by atoms with Crippen molar-refractivity contribution in [3.8, 4) is 17.0 Å². The first-order valence-electron chi connectivity index (χ1n) is 10.5. The van der Waals surface area contributed by atoms with Gasteiger partial charge in [0.25, 0.3) is 0 Å². The summed E-state index contributed by atoms with van der Waals surface area (Å²) < 4.78 is 2.51. The molecule has 32 heavy (non-hydrogen) atoms. The third-order valence-electron chi connectivity index (χ3n) is 5.52. The Kier molecular flexibility index (Phi) is 5.53. The van der Waals surface area contributed by atoms with E-state index in [2.05, 4.69) is 36.6 Å². The highest BCUT2D eigenvalue weighted by atomic mass is 79.9. The Bertz CT molecular complexity index is 1280. The molecule has 2 aromatic heterocycles. The summed E-state index contributed by atoms with van der Waals surface area (Å²) >= 11 is 3.50. The van der Waals surface area contributed by atoms with Gasteiger partial charge in [-0.15, -0.1) is 0 Å². The molecule has 1 amide bonds. The summed E-state index contributed by atoms with van der Waals surface area (Å²) in [7, 11) is 0. The van der Waals surface area contributed by atoms with E-state index < -0.39 is 0 Å². The number of nitrogens with one attached hydrogen (secondary N) is 2. The Morgan fingerprint density at radius 2 is 1.81 bits per heavy atom. The summed E-state index contributed by atoms with van der Waals surface area (Å²) in [6, 6.07) is 17.2. The second-order valence-electron chi connectivity index (χ2n) is 7.93. The van der Waals surface area contributed by atoms with Crippen LogP contribution in [0.1, 0.15) is 24.0 Å². The monoisotopic (exact) mass is 491 g/mol. The number of rotatable bonds is 7. The molecule has 0 spiro atoms. The van der Waals surface area contributed by atoms with Crippen molar-refractivity contribution in [3.05, 3.63) is 76.4 Å². The van der Waals surface area contributed by atoms with Crippen LogP contribution in [0.15, 0.2) is 65.3 Å². The van der Waals surface area contributed by atoms with Crippen LogP contribution in [-0.4, -0.2) is 25.6 Å². The van der Waals surface area contributed by atoms with Crippen molar-refractivity contribution in [2.75, 3.05) is 5.32 Å². The third kappa shape index (κ3) is 4.31. The van der Waals surface area contributed by atoms with Crippen LogP contribution in [-0.2, 0) is 17.9 Å². The van der Waals surface area contributed by atoms with E-state index in [4.69, 9.17) is 0 Å². The van der Waals surface area contributed by atoms with Crippen LogP contribution >= 0.6 is 15.9 Å². The van der Waals surface area contributed by atoms with Gasteiger partial charge in [0.15, 0.2) is 5.65 Å². The van der Waals surface area contributed by atoms with Crippen molar-refractivity contribution >= 4 is 33.3 Å². The van der Waals surface area contributed by atoms with Gasteiger partial charge in [-0.05, 0) is 52.0 Å². The summed E-state index contributed by atoms with van der Waals surface area (Å²) in [6.45, 7) is 1.14. The first kappa shape index (κ1) is 20.5. The maximum Gasteiger partial charge on any atom is 0.223 e. The summed E-state index contributed by atoms with van der Waals surface area (Å²) in [5.74, 6) is 1.32. The van der Waals surface area contributed by atoms with Gasteiger partial charge >= 0.3 is 0 Å². The minimum atomic E-state index is 0.156. The van der Waals surface area contributed by atoms with Crippen LogP contribution in [0.5, 0.6) is 5.75 Å². The molecule has 0 radical (unpaired) electrons. The van der Waals surface area contributed by atoms with Gasteiger partial charge in [-0.3, -0.25) is 4.79 Å². The highest BCUT2D eigenvalue weighted by molar-refractivity contribution is 9.10. The highest BCUT2D eigenvalue weighted by Crippen LogP contribution is 2.31. The van der Waals surface area contributed by atoms with E-state index >= 15 is 0 Å². The number of carbonyl (C=O) groups is 1. The zero-order chi connectivity index (χ0) is 22.1. The molecule has 1 fully saturated rings. The predicted octanol–water partition coefficient (Wildman–Crippen LogP) is 4.50. The molecule has 7 nitrogen and oxygen atoms in total. The molecule has 1 aliphatic carbocycles. The first-order valence-corrected chi connectivity index (χ1v) is 11.3. The molecular formula is C24H22BrN5O2. The number of phenolic OH excluding ortho intramolecular Hbond substituents is 1. The van der Waals surface area contributed by atoms with E-state index in [1.807, 2.05) is 42.5 Å². The third-order valence-corrected chi connectivity index (χ3v) is 6.08. The minimum absolute atomic E-state index is 0.156.